The van der Waals surface area contributed by atoms with Crippen molar-refractivity contribution in [3.8, 4) is 0 Å². The average Bonchev–Trinajstić information content (AvgIpc) is 2.63. The molecule has 1 aliphatic rings. The first-order valence-corrected chi connectivity index (χ1v) is 8.45. The highest BCUT2D eigenvalue weighted by Gasteiger charge is 2.23. The molecule has 0 atom stereocenters. The third-order valence-corrected chi connectivity index (χ3v) is 4.90. The summed E-state index contributed by atoms with van der Waals surface area (Å²) in [6, 6.07) is 11.3. The number of nitro groups is 1. The van der Waals surface area contributed by atoms with Crippen molar-refractivity contribution in [2.24, 2.45) is 0 Å². The first-order valence-electron chi connectivity index (χ1n) is 7.69. The summed E-state index contributed by atoms with van der Waals surface area (Å²) in [5, 5.41) is 11.5. The molecule has 0 aromatic heterocycles. The van der Waals surface area contributed by atoms with Crippen LogP contribution in [0.3, 0.4) is 0 Å². The maximum Gasteiger partial charge on any atom is 0.269 e. The first kappa shape index (κ1) is 17.5. The largest absolute Gasteiger partial charge is 0.368 e. The first-order chi connectivity index (χ1) is 12.0. The molecule has 2 aromatic carbocycles. The average molecular weight is 380 g/mol. The predicted octanol–water partition coefficient (Wildman–Crippen LogP) is 3.86. The van der Waals surface area contributed by atoms with Gasteiger partial charge in [-0.05, 0) is 30.3 Å². The van der Waals surface area contributed by atoms with Crippen molar-refractivity contribution in [1.29, 1.82) is 0 Å². The van der Waals surface area contributed by atoms with E-state index in [2.05, 4.69) is 4.90 Å². The van der Waals surface area contributed by atoms with Crippen molar-refractivity contribution in [1.82, 2.24) is 4.90 Å². The van der Waals surface area contributed by atoms with Crippen LogP contribution in [0.25, 0.3) is 0 Å². The lowest BCUT2D eigenvalue weighted by atomic mass is 10.1. The lowest BCUT2D eigenvalue weighted by Crippen LogP contribution is -2.48. The van der Waals surface area contributed by atoms with Gasteiger partial charge in [0.2, 0.25) is 0 Å². The van der Waals surface area contributed by atoms with E-state index in [0.717, 1.165) is 5.69 Å². The Balaban J connectivity index is 1.64. The monoisotopic (exact) mass is 379 g/mol. The Morgan fingerprint density at radius 3 is 2.16 bits per heavy atom. The Hall–Kier alpha value is -2.31. The van der Waals surface area contributed by atoms with E-state index < -0.39 is 4.92 Å². The van der Waals surface area contributed by atoms with Crippen molar-refractivity contribution >= 4 is 40.5 Å². The van der Waals surface area contributed by atoms with Crippen molar-refractivity contribution in [3.63, 3.8) is 0 Å². The predicted molar refractivity (Wildman–Crippen MR) is 97.7 cm³/mol. The van der Waals surface area contributed by atoms with E-state index in [1.54, 1.807) is 35.2 Å². The van der Waals surface area contributed by atoms with E-state index in [1.165, 1.54) is 12.1 Å². The van der Waals surface area contributed by atoms with Gasteiger partial charge in [0.15, 0.2) is 0 Å². The van der Waals surface area contributed by atoms with Gasteiger partial charge in [-0.15, -0.1) is 0 Å². The molecule has 6 nitrogen and oxygen atoms in total. The molecule has 1 amide bonds. The van der Waals surface area contributed by atoms with Crippen molar-refractivity contribution in [2.75, 3.05) is 31.1 Å². The Bertz CT molecular complexity index is 803. The molecule has 0 aliphatic carbocycles. The fourth-order valence-corrected chi connectivity index (χ4v) is 3.06. The number of piperazine rings is 1. The van der Waals surface area contributed by atoms with Gasteiger partial charge < -0.3 is 9.80 Å². The minimum atomic E-state index is -0.419. The number of carbonyl (C=O) groups is 1. The van der Waals surface area contributed by atoms with E-state index in [0.29, 0.717) is 41.8 Å². The minimum Gasteiger partial charge on any atom is -0.368 e. The van der Waals surface area contributed by atoms with E-state index in [-0.39, 0.29) is 11.6 Å². The van der Waals surface area contributed by atoms with Crippen molar-refractivity contribution in [2.45, 2.75) is 0 Å². The molecule has 25 heavy (non-hydrogen) atoms. The van der Waals surface area contributed by atoms with Gasteiger partial charge in [-0.3, -0.25) is 14.9 Å². The molecule has 1 heterocycles. The number of halogens is 2. The molecule has 0 spiro atoms. The van der Waals surface area contributed by atoms with Gasteiger partial charge in [-0.25, -0.2) is 0 Å². The normalized spacial score (nSPS) is 14.5. The number of non-ortho nitro benzene ring substituents is 1. The van der Waals surface area contributed by atoms with E-state index >= 15 is 0 Å². The second-order valence-corrected chi connectivity index (χ2v) is 6.50. The van der Waals surface area contributed by atoms with Crippen LogP contribution in [-0.4, -0.2) is 41.9 Å². The highest BCUT2D eigenvalue weighted by atomic mass is 35.5. The second-order valence-electron chi connectivity index (χ2n) is 5.68. The highest BCUT2D eigenvalue weighted by molar-refractivity contribution is 6.42. The molecule has 2 aromatic rings. The zero-order valence-corrected chi connectivity index (χ0v) is 14.7. The lowest BCUT2D eigenvalue weighted by Gasteiger charge is -2.36. The van der Waals surface area contributed by atoms with Gasteiger partial charge >= 0.3 is 0 Å². The van der Waals surface area contributed by atoms with E-state index in [1.807, 2.05) is 0 Å². The Morgan fingerprint density at radius 2 is 1.60 bits per heavy atom. The molecular formula is C17H15Cl2N3O3. The van der Waals surface area contributed by atoms with E-state index in [9.17, 15) is 14.9 Å². The zero-order chi connectivity index (χ0) is 18.0. The molecule has 3 rings (SSSR count). The maximum atomic E-state index is 12.6. The molecule has 1 saturated heterocycles. The number of nitro benzene ring substituents is 1. The van der Waals surface area contributed by atoms with Gasteiger partial charge in [0, 0.05) is 49.6 Å². The number of benzene rings is 2. The van der Waals surface area contributed by atoms with Crippen LogP contribution in [0.1, 0.15) is 10.4 Å². The topological polar surface area (TPSA) is 66.7 Å². The molecule has 0 radical (unpaired) electrons. The smallest absolute Gasteiger partial charge is 0.269 e. The number of hydrogen-bond donors (Lipinski definition) is 0. The molecule has 0 bridgehead atoms. The number of rotatable bonds is 3. The number of carbonyl (C=O) groups excluding carboxylic acids is 1. The van der Waals surface area contributed by atoms with Crippen LogP contribution in [0, 0.1) is 10.1 Å². The number of hydrogen-bond acceptors (Lipinski definition) is 4. The molecule has 130 valence electrons. The van der Waals surface area contributed by atoms with Gasteiger partial charge in [0.1, 0.15) is 0 Å². The third-order valence-electron chi connectivity index (χ3n) is 4.16. The fraction of sp³-hybridized carbons (Fsp3) is 0.235. The van der Waals surface area contributed by atoms with Gasteiger partial charge in [0.05, 0.1) is 15.0 Å². The summed E-state index contributed by atoms with van der Waals surface area (Å²) in [5.41, 5.74) is 1.49. The summed E-state index contributed by atoms with van der Waals surface area (Å²) in [6.45, 7) is 2.45. The summed E-state index contributed by atoms with van der Waals surface area (Å²) in [4.78, 5) is 26.7. The van der Waals surface area contributed by atoms with Crippen LogP contribution in [-0.2, 0) is 0 Å². The number of amides is 1. The number of anilines is 1. The Labute approximate surface area is 154 Å². The lowest BCUT2D eigenvalue weighted by molar-refractivity contribution is -0.384. The number of nitrogens with zero attached hydrogens (tertiary/aromatic N) is 3. The highest BCUT2D eigenvalue weighted by Crippen LogP contribution is 2.24. The van der Waals surface area contributed by atoms with Crippen LogP contribution < -0.4 is 4.90 Å². The van der Waals surface area contributed by atoms with Crippen LogP contribution in [0.4, 0.5) is 11.4 Å². The van der Waals surface area contributed by atoms with Crippen LogP contribution in [0.5, 0.6) is 0 Å². The molecule has 0 saturated carbocycles. The van der Waals surface area contributed by atoms with Gasteiger partial charge in [0.25, 0.3) is 11.6 Å². The molecule has 8 heteroatoms. The van der Waals surface area contributed by atoms with Gasteiger partial charge in [-0.1, -0.05) is 23.2 Å². The SMILES string of the molecule is O=C(c1ccc(Cl)c(Cl)c1)N1CCN(c2ccc([N+](=O)[O-])cc2)CC1. The third kappa shape index (κ3) is 3.86. The standard InChI is InChI=1S/C17H15Cl2N3O3/c18-15-6-1-12(11-16(15)19)17(23)21-9-7-20(8-10-21)13-2-4-14(5-3-13)22(24)25/h1-6,11H,7-10H2. The van der Waals surface area contributed by atoms with Crippen molar-refractivity contribution < 1.29 is 9.72 Å². The van der Waals surface area contributed by atoms with Crippen LogP contribution >= 0.6 is 23.2 Å². The molecule has 0 N–H and O–H groups in total. The van der Waals surface area contributed by atoms with Crippen LogP contribution in [0.15, 0.2) is 42.5 Å². The van der Waals surface area contributed by atoms with E-state index in [4.69, 9.17) is 23.2 Å². The summed E-state index contributed by atoms with van der Waals surface area (Å²) >= 11 is 11.9. The maximum absolute atomic E-state index is 12.6. The molecule has 1 aliphatic heterocycles. The van der Waals surface area contributed by atoms with Crippen molar-refractivity contribution in [3.05, 3.63) is 68.2 Å². The Morgan fingerprint density at radius 1 is 0.960 bits per heavy atom. The second kappa shape index (κ2) is 7.29. The van der Waals surface area contributed by atoms with Crippen LogP contribution in [0.2, 0.25) is 10.0 Å². The molecular weight excluding hydrogens is 365 g/mol. The summed E-state index contributed by atoms with van der Waals surface area (Å²) in [6.07, 6.45) is 0. The van der Waals surface area contributed by atoms with Gasteiger partial charge in [-0.2, -0.15) is 0 Å². The zero-order valence-electron chi connectivity index (χ0n) is 13.2. The summed E-state index contributed by atoms with van der Waals surface area (Å²) in [5.74, 6) is -0.0816. The Kier molecular flexibility index (Phi) is 5.11. The molecule has 0 unspecified atom stereocenters. The summed E-state index contributed by atoms with van der Waals surface area (Å²) < 4.78 is 0. The fourth-order valence-electron chi connectivity index (χ4n) is 2.76. The minimum absolute atomic E-state index is 0.0668. The molecule has 1 fully saturated rings. The summed E-state index contributed by atoms with van der Waals surface area (Å²) in [7, 11) is 0. The quantitative estimate of drug-likeness (QED) is 0.599.